The first-order valence-corrected chi connectivity index (χ1v) is 4.88. The first-order valence-electron chi connectivity index (χ1n) is 1.63. The molecule has 0 aromatic carbocycles. The summed E-state index contributed by atoms with van der Waals surface area (Å²) in [5.74, 6) is 0. The van der Waals surface area contributed by atoms with Gasteiger partial charge in [-0.25, -0.2) is 5.08 Å². The molecule has 0 amide bonds. The van der Waals surface area contributed by atoms with Crippen molar-refractivity contribution in [1.82, 2.24) is 0 Å². The summed E-state index contributed by atoms with van der Waals surface area (Å²) < 4.78 is 0. The molecule has 0 saturated carbocycles. The van der Waals surface area contributed by atoms with Gasteiger partial charge in [-0.05, 0) is 0 Å². The minimum absolute atomic E-state index is 0. The monoisotopic (exact) mass is 144 g/mol. The summed E-state index contributed by atoms with van der Waals surface area (Å²) in [6.45, 7) is 0. The fourth-order valence-electron chi connectivity index (χ4n) is 0.234. The molecule has 0 aromatic rings. The van der Waals surface area contributed by atoms with Gasteiger partial charge in [-0.2, -0.15) is 0 Å². The number of hydrogen-bond donors (Lipinski definition) is 0. The Labute approximate surface area is 69.1 Å². The summed E-state index contributed by atoms with van der Waals surface area (Å²) in [7, 11) is 0. The Kier molecular flexibility index (Phi) is 7.14. The van der Waals surface area contributed by atoms with E-state index in [1.54, 1.807) is 0 Å². The van der Waals surface area contributed by atoms with Crippen LogP contribution in [0, 0.1) is 5.08 Å². The molecule has 0 aromatic heterocycles. The average molecular weight is 144 g/mol. The second kappa shape index (κ2) is 5.78. The standard InChI is InChI=1S/C3H5S3.Li/c1-4-2-6-3-5-1;/h1H,2-3H2;/q-1;+1. The van der Waals surface area contributed by atoms with Crippen LogP contribution in [-0.4, -0.2) is 10.2 Å². The Morgan fingerprint density at radius 3 is 1.86 bits per heavy atom. The second-order valence-corrected chi connectivity index (χ2v) is 4.60. The van der Waals surface area contributed by atoms with Crippen LogP contribution in [0.1, 0.15) is 0 Å². The van der Waals surface area contributed by atoms with Gasteiger partial charge in [0.1, 0.15) is 0 Å². The van der Waals surface area contributed by atoms with Crippen molar-refractivity contribution in [3.8, 4) is 0 Å². The summed E-state index contributed by atoms with van der Waals surface area (Å²) in [6.07, 6.45) is 0. The third-order valence-corrected chi connectivity index (χ3v) is 3.95. The number of thioether (sulfide) groups is 3. The van der Waals surface area contributed by atoms with Crippen molar-refractivity contribution in [3.63, 3.8) is 0 Å². The first-order chi connectivity index (χ1) is 3.00. The Hall–Kier alpha value is 1.65. The van der Waals surface area contributed by atoms with Crippen LogP contribution >= 0.6 is 35.3 Å². The van der Waals surface area contributed by atoms with Crippen molar-refractivity contribution >= 4 is 35.3 Å². The molecule has 36 valence electrons. The topological polar surface area (TPSA) is 0 Å². The molecule has 4 heteroatoms. The molecular weight excluding hydrogens is 139 g/mol. The van der Waals surface area contributed by atoms with Crippen LogP contribution < -0.4 is 18.9 Å². The second-order valence-electron chi connectivity index (χ2n) is 0.869. The van der Waals surface area contributed by atoms with Crippen LogP contribution in [0.15, 0.2) is 0 Å². The molecule has 7 heavy (non-hydrogen) atoms. The summed E-state index contributed by atoms with van der Waals surface area (Å²) >= 11 is 5.78. The smallest absolute Gasteiger partial charge is 0.330 e. The molecule has 0 N–H and O–H groups in total. The summed E-state index contributed by atoms with van der Waals surface area (Å²) in [5.41, 5.74) is 0. The maximum atomic E-state index is 2.20. The molecule has 1 saturated heterocycles. The van der Waals surface area contributed by atoms with Crippen molar-refractivity contribution < 1.29 is 18.9 Å². The summed E-state index contributed by atoms with van der Waals surface area (Å²) in [6, 6.07) is 0. The molecule has 1 fully saturated rings. The molecule has 0 radical (unpaired) electrons. The van der Waals surface area contributed by atoms with Crippen LogP contribution in [-0.2, 0) is 0 Å². The third kappa shape index (κ3) is 4.17. The van der Waals surface area contributed by atoms with E-state index in [0.29, 0.717) is 0 Å². The third-order valence-electron chi connectivity index (χ3n) is 0.439. The van der Waals surface area contributed by atoms with Gasteiger partial charge in [0.2, 0.25) is 0 Å². The van der Waals surface area contributed by atoms with E-state index < -0.39 is 0 Å². The van der Waals surface area contributed by atoms with Gasteiger partial charge in [0.25, 0.3) is 0 Å². The van der Waals surface area contributed by atoms with Gasteiger partial charge in [-0.1, -0.05) is 0 Å². The molecule has 1 heterocycles. The van der Waals surface area contributed by atoms with Gasteiger partial charge >= 0.3 is 18.9 Å². The van der Waals surface area contributed by atoms with E-state index >= 15 is 0 Å². The average Bonchev–Trinajstić information content (AvgIpc) is 1.72. The van der Waals surface area contributed by atoms with Crippen molar-refractivity contribution in [2.45, 2.75) is 0 Å². The van der Waals surface area contributed by atoms with E-state index in [2.05, 4.69) is 5.08 Å². The molecule has 0 aliphatic carbocycles. The Balaban J connectivity index is 0.000000360. The predicted molar refractivity (Wildman–Crippen MR) is 36.8 cm³/mol. The minimum Gasteiger partial charge on any atom is -0.330 e. The van der Waals surface area contributed by atoms with E-state index in [0.717, 1.165) is 0 Å². The van der Waals surface area contributed by atoms with Crippen molar-refractivity contribution in [2.24, 2.45) is 0 Å². The zero-order chi connectivity index (χ0) is 4.24. The Morgan fingerprint density at radius 1 is 1.14 bits per heavy atom. The minimum atomic E-state index is 0. The maximum Gasteiger partial charge on any atom is 1.00 e. The summed E-state index contributed by atoms with van der Waals surface area (Å²) in [4.78, 5) is 0. The normalized spacial score (nSPS) is 20.6. The van der Waals surface area contributed by atoms with Gasteiger partial charge in [0.15, 0.2) is 0 Å². The molecule has 1 aliphatic heterocycles. The van der Waals surface area contributed by atoms with Crippen LogP contribution in [0.4, 0.5) is 0 Å². The van der Waals surface area contributed by atoms with Gasteiger partial charge in [0.05, 0.1) is 0 Å². The SMILES string of the molecule is [CH-]1SCSCS1.[Li+]. The zero-order valence-corrected chi connectivity index (χ0v) is 6.67. The first kappa shape index (κ1) is 8.65. The van der Waals surface area contributed by atoms with Gasteiger partial charge < -0.3 is 23.5 Å². The van der Waals surface area contributed by atoms with Crippen molar-refractivity contribution in [1.29, 1.82) is 0 Å². The fourth-order valence-corrected chi connectivity index (χ4v) is 3.72. The van der Waals surface area contributed by atoms with Gasteiger partial charge in [-0.3, -0.25) is 0 Å². The Bertz CT molecular complexity index is 25.7. The molecule has 1 aliphatic rings. The van der Waals surface area contributed by atoms with Crippen LogP contribution in [0.25, 0.3) is 0 Å². The summed E-state index contributed by atoms with van der Waals surface area (Å²) in [5, 5.41) is 4.72. The number of rotatable bonds is 0. The zero-order valence-electron chi connectivity index (χ0n) is 4.22. The predicted octanol–water partition coefficient (Wildman–Crippen LogP) is -0.762. The van der Waals surface area contributed by atoms with E-state index in [4.69, 9.17) is 0 Å². The molecular formula is C3H5LiS3. The van der Waals surface area contributed by atoms with E-state index in [1.807, 2.05) is 35.3 Å². The van der Waals surface area contributed by atoms with Crippen LogP contribution in [0.5, 0.6) is 0 Å². The molecule has 0 spiro atoms. The van der Waals surface area contributed by atoms with Crippen LogP contribution in [0.2, 0.25) is 0 Å². The van der Waals surface area contributed by atoms with Gasteiger partial charge in [0, 0.05) is 10.2 Å². The quantitative estimate of drug-likeness (QED) is 0.324. The largest absolute Gasteiger partial charge is 1.00 e. The number of hydrogen-bond acceptors (Lipinski definition) is 3. The molecule has 0 atom stereocenters. The molecule has 0 nitrogen and oxygen atoms in total. The van der Waals surface area contributed by atoms with Crippen LogP contribution in [0.3, 0.4) is 0 Å². The van der Waals surface area contributed by atoms with Crippen molar-refractivity contribution in [2.75, 3.05) is 10.2 Å². The van der Waals surface area contributed by atoms with Gasteiger partial charge in [-0.15, -0.1) is 11.8 Å². The van der Waals surface area contributed by atoms with Crippen molar-refractivity contribution in [3.05, 3.63) is 5.08 Å². The molecule has 0 bridgehead atoms. The van der Waals surface area contributed by atoms with E-state index in [-0.39, 0.29) is 18.9 Å². The fraction of sp³-hybridized carbons (Fsp3) is 0.667. The van der Waals surface area contributed by atoms with E-state index in [1.165, 1.54) is 10.2 Å². The van der Waals surface area contributed by atoms with E-state index in [9.17, 15) is 0 Å². The molecule has 1 rings (SSSR count). The molecule has 0 unspecified atom stereocenters. The maximum absolute atomic E-state index is 2.20. The Morgan fingerprint density at radius 2 is 1.71 bits per heavy atom.